The summed E-state index contributed by atoms with van der Waals surface area (Å²) >= 11 is 0. The van der Waals surface area contributed by atoms with Crippen molar-refractivity contribution < 1.29 is 19.0 Å². The van der Waals surface area contributed by atoms with E-state index in [2.05, 4.69) is 32.3 Å². The molecule has 0 aromatic rings. The van der Waals surface area contributed by atoms with Crippen LogP contribution in [0.2, 0.25) is 0 Å². The van der Waals surface area contributed by atoms with Crippen molar-refractivity contribution >= 4 is 17.8 Å². The van der Waals surface area contributed by atoms with E-state index in [9.17, 15) is 4.79 Å². The molecular formula is C19H28N2O4. The van der Waals surface area contributed by atoms with Crippen LogP contribution in [0.5, 0.6) is 0 Å². The molecule has 25 heavy (non-hydrogen) atoms. The van der Waals surface area contributed by atoms with Gasteiger partial charge >= 0.3 is 5.97 Å². The second-order valence-electron chi connectivity index (χ2n) is 6.15. The first-order chi connectivity index (χ1) is 11.9. The maximum atomic E-state index is 10.8. The van der Waals surface area contributed by atoms with Gasteiger partial charge in [0.2, 0.25) is 11.8 Å². The number of hydrogen-bond donors (Lipinski definition) is 0. The molecule has 0 aromatic carbocycles. The number of methoxy groups -OCH3 is 2. The second-order valence-corrected chi connectivity index (χ2v) is 6.15. The summed E-state index contributed by atoms with van der Waals surface area (Å²) in [5.74, 6) is 6.88. The molecule has 1 heterocycles. The smallest absolute Gasteiger partial charge is 0.303 e. The van der Waals surface area contributed by atoms with Gasteiger partial charge in [0.25, 0.3) is 0 Å². The number of rotatable bonds is 6. The summed E-state index contributed by atoms with van der Waals surface area (Å²) in [4.78, 5) is 20.4. The number of allylic oxidation sites excluding steroid dienone is 1. The first kappa shape index (κ1) is 20.8. The maximum absolute atomic E-state index is 10.8. The Morgan fingerprint density at radius 2 is 2.08 bits per heavy atom. The monoisotopic (exact) mass is 348 g/mol. The number of carbonyl (C=O) groups is 1. The van der Waals surface area contributed by atoms with Gasteiger partial charge in [0.05, 0.1) is 14.2 Å². The van der Waals surface area contributed by atoms with Crippen LogP contribution >= 0.6 is 0 Å². The molecular weight excluding hydrogens is 320 g/mol. The van der Waals surface area contributed by atoms with Gasteiger partial charge in [-0.1, -0.05) is 31.8 Å². The number of esters is 1. The Bertz CT molecular complexity index is 598. The predicted molar refractivity (Wildman–Crippen MR) is 98.7 cm³/mol. The van der Waals surface area contributed by atoms with Crippen molar-refractivity contribution in [1.82, 2.24) is 0 Å². The lowest BCUT2D eigenvalue weighted by atomic mass is 9.87. The fourth-order valence-electron chi connectivity index (χ4n) is 2.57. The zero-order chi connectivity index (χ0) is 18.9. The molecule has 1 aliphatic heterocycles. The number of ether oxygens (including phenoxy) is 3. The highest BCUT2D eigenvalue weighted by atomic mass is 16.5. The van der Waals surface area contributed by atoms with Crippen LogP contribution in [0.1, 0.15) is 40.0 Å². The van der Waals surface area contributed by atoms with Crippen LogP contribution in [0.25, 0.3) is 0 Å². The average Bonchev–Trinajstić information content (AvgIpc) is 2.58. The summed E-state index contributed by atoms with van der Waals surface area (Å²) in [6, 6.07) is -0.175. The third-order valence-electron chi connectivity index (χ3n) is 3.88. The van der Waals surface area contributed by atoms with E-state index >= 15 is 0 Å². The zero-order valence-electron chi connectivity index (χ0n) is 15.8. The van der Waals surface area contributed by atoms with E-state index in [0.29, 0.717) is 24.6 Å². The minimum atomic E-state index is -0.719. The Kier molecular flexibility index (Phi) is 8.20. The lowest BCUT2D eigenvalue weighted by molar-refractivity contribution is -0.139. The first-order valence-corrected chi connectivity index (χ1v) is 8.36. The van der Waals surface area contributed by atoms with Crippen LogP contribution in [0, 0.1) is 17.8 Å². The molecule has 0 aromatic heterocycles. The summed E-state index contributed by atoms with van der Waals surface area (Å²) in [5, 5.41) is 0. The number of nitrogens with zero attached hydrogens (tertiary/aromatic N) is 2. The quantitative estimate of drug-likeness (QED) is 0.420. The number of carbonyl (C=O) groups excluding carboxylic acids is 1. The van der Waals surface area contributed by atoms with Crippen molar-refractivity contribution in [1.29, 1.82) is 0 Å². The molecule has 1 aliphatic rings. The Balaban J connectivity index is 3.15. The van der Waals surface area contributed by atoms with E-state index < -0.39 is 5.54 Å². The Labute approximate surface area is 150 Å². The topological polar surface area (TPSA) is 69.5 Å². The molecule has 0 amide bonds. The first-order valence-electron chi connectivity index (χ1n) is 8.36. The molecule has 0 radical (unpaired) electrons. The molecule has 0 N–H and O–H groups in total. The average molecular weight is 348 g/mol. The number of aliphatic imine (C=N–C) groups is 2. The van der Waals surface area contributed by atoms with E-state index in [1.807, 2.05) is 6.08 Å². The van der Waals surface area contributed by atoms with Crippen LogP contribution in [0.3, 0.4) is 0 Å². The fraction of sp³-hybridized carbons (Fsp3) is 0.632. The molecule has 0 unspecified atom stereocenters. The van der Waals surface area contributed by atoms with Crippen molar-refractivity contribution in [3.05, 3.63) is 12.7 Å². The highest BCUT2D eigenvalue weighted by Crippen LogP contribution is 2.31. The van der Waals surface area contributed by atoms with Crippen LogP contribution in [0.4, 0.5) is 0 Å². The van der Waals surface area contributed by atoms with Gasteiger partial charge in [-0.15, -0.1) is 6.58 Å². The molecule has 0 bridgehead atoms. The SMILES string of the molecule is C=CCC[C@@]1(CC#CCOC(C)=O)N=C(OC)[C@@H](C(C)C)N=C1OC. The van der Waals surface area contributed by atoms with Crippen LogP contribution < -0.4 is 0 Å². The molecule has 6 heteroatoms. The van der Waals surface area contributed by atoms with E-state index in [-0.39, 0.29) is 24.5 Å². The molecule has 0 aliphatic carbocycles. The molecule has 138 valence electrons. The van der Waals surface area contributed by atoms with E-state index in [0.717, 1.165) is 6.42 Å². The lowest BCUT2D eigenvalue weighted by Crippen LogP contribution is -2.46. The van der Waals surface area contributed by atoms with E-state index in [4.69, 9.17) is 24.2 Å². The van der Waals surface area contributed by atoms with Gasteiger partial charge in [-0.3, -0.25) is 4.79 Å². The van der Waals surface area contributed by atoms with Gasteiger partial charge in [-0.25, -0.2) is 9.98 Å². The predicted octanol–water partition coefficient (Wildman–Crippen LogP) is 2.78. The van der Waals surface area contributed by atoms with Crippen LogP contribution in [-0.4, -0.2) is 50.2 Å². The molecule has 0 saturated heterocycles. The van der Waals surface area contributed by atoms with Gasteiger partial charge in [-0.2, -0.15) is 0 Å². The minimum absolute atomic E-state index is 0.0573. The van der Waals surface area contributed by atoms with E-state index in [1.54, 1.807) is 14.2 Å². The van der Waals surface area contributed by atoms with Gasteiger partial charge in [0.1, 0.15) is 6.04 Å². The third kappa shape index (κ3) is 5.63. The Morgan fingerprint density at radius 3 is 2.60 bits per heavy atom. The highest BCUT2D eigenvalue weighted by Gasteiger charge is 2.42. The summed E-state index contributed by atoms with van der Waals surface area (Å²) in [6.07, 6.45) is 3.62. The Hall–Kier alpha value is -2.29. The molecule has 0 saturated carbocycles. The summed E-state index contributed by atoms with van der Waals surface area (Å²) in [6.45, 7) is 9.32. The van der Waals surface area contributed by atoms with Gasteiger partial charge < -0.3 is 14.2 Å². The van der Waals surface area contributed by atoms with Crippen molar-refractivity contribution in [2.24, 2.45) is 15.9 Å². The van der Waals surface area contributed by atoms with Crippen LogP contribution in [-0.2, 0) is 19.0 Å². The third-order valence-corrected chi connectivity index (χ3v) is 3.88. The van der Waals surface area contributed by atoms with E-state index in [1.165, 1.54) is 6.92 Å². The normalized spacial score (nSPS) is 22.2. The molecule has 2 atom stereocenters. The van der Waals surface area contributed by atoms with Crippen molar-refractivity contribution in [3.63, 3.8) is 0 Å². The maximum Gasteiger partial charge on any atom is 0.303 e. The standard InChI is InChI=1S/C19H28N2O4/c1-7-8-11-19(12-9-10-13-25-15(4)22)18(24-6)20-16(14(2)3)17(21-19)23-5/h7,14,16H,1,8,11-13H2,2-6H3/t16-,19+/m1/s1. The molecule has 0 fully saturated rings. The molecule has 1 rings (SSSR count). The van der Waals surface area contributed by atoms with Crippen molar-refractivity contribution in [3.8, 4) is 11.8 Å². The largest absolute Gasteiger partial charge is 0.483 e. The lowest BCUT2D eigenvalue weighted by Gasteiger charge is -2.35. The summed E-state index contributed by atoms with van der Waals surface area (Å²) in [5.41, 5.74) is -0.719. The van der Waals surface area contributed by atoms with Crippen molar-refractivity contribution in [2.45, 2.75) is 51.6 Å². The van der Waals surface area contributed by atoms with Gasteiger partial charge in [-0.05, 0) is 18.8 Å². The minimum Gasteiger partial charge on any atom is -0.483 e. The van der Waals surface area contributed by atoms with Crippen LogP contribution in [0.15, 0.2) is 22.6 Å². The molecule has 6 nitrogen and oxygen atoms in total. The second kappa shape index (κ2) is 9.87. The van der Waals surface area contributed by atoms with Gasteiger partial charge in [0, 0.05) is 13.3 Å². The summed E-state index contributed by atoms with van der Waals surface area (Å²) < 4.78 is 15.9. The number of hydrogen-bond acceptors (Lipinski definition) is 6. The summed E-state index contributed by atoms with van der Waals surface area (Å²) in [7, 11) is 3.20. The van der Waals surface area contributed by atoms with Gasteiger partial charge in [0.15, 0.2) is 12.1 Å². The van der Waals surface area contributed by atoms with Crippen molar-refractivity contribution in [2.75, 3.05) is 20.8 Å². The molecule has 0 spiro atoms. The zero-order valence-corrected chi connectivity index (χ0v) is 15.8. The fourth-order valence-corrected chi connectivity index (χ4v) is 2.57. The highest BCUT2D eigenvalue weighted by molar-refractivity contribution is 5.97. The Morgan fingerprint density at radius 1 is 1.36 bits per heavy atom.